The van der Waals surface area contributed by atoms with Gasteiger partial charge in [-0.15, -0.1) is 12.4 Å². The Labute approximate surface area is 201 Å². The molecule has 0 aliphatic carbocycles. The molecule has 5 nitrogen and oxygen atoms in total. The molecule has 1 aliphatic rings. The predicted molar refractivity (Wildman–Crippen MR) is 128 cm³/mol. The first-order valence-corrected chi connectivity index (χ1v) is 11.4. The molecule has 0 radical (unpaired) electrons. The lowest BCUT2D eigenvalue weighted by atomic mass is 10.0. The number of benzene rings is 2. The summed E-state index contributed by atoms with van der Waals surface area (Å²) in [6.45, 7) is 5.34. The maximum absolute atomic E-state index is 10.4. The Hall–Kier alpha value is -0.670. The summed E-state index contributed by atoms with van der Waals surface area (Å²) in [4.78, 5) is 2.27. The van der Waals surface area contributed by atoms with Crippen LogP contribution >= 0.6 is 44.3 Å². The summed E-state index contributed by atoms with van der Waals surface area (Å²) in [5, 5.41) is 10.4. The van der Waals surface area contributed by atoms with Crippen molar-refractivity contribution in [1.29, 1.82) is 0 Å². The molecule has 0 bridgehead atoms. The molecule has 166 valence electrons. The molecule has 0 spiro atoms. The zero-order valence-corrected chi connectivity index (χ0v) is 20.9. The maximum atomic E-state index is 10.4. The molecule has 2 aromatic carbocycles. The van der Waals surface area contributed by atoms with Crippen LogP contribution in [0.3, 0.4) is 0 Å². The van der Waals surface area contributed by atoms with Crippen molar-refractivity contribution >= 4 is 44.3 Å². The van der Waals surface area contributed by atoms with Crippen molar-refractivity contribution in [2.75, 3.05) is 39.5 Å². The van der Waals surface area contributed by atoms with Crippen molar-refractivity contribution in [2.45, 2.75) is 25.2 Å². The maximum Gasteiger partial charge on any atom is 0.119 e. The van der Waals surface area contributed by atoms with Crippen molar-refractivity contribution in [3.63, 3.8) is 0 Å². The van der Waals surface area contributed by atoms with Crippen LogP contribution in [-0.2, 0) is 9.47 Å². The van der Waals surface area contributed by atoms with E-state index in [0.29, 0.717) is 26.4 Å². The zero-order valence-electron chi connectivity index (χ0n) is 16.9. The fourth-order valence-corrected chi connectivity index (χ4v) is 3.94. The van der Waals surface area contributed by atoms with Gasteiger partial charge in [0, 0.05) is 28.1 Å². The van der Waals surface area contributed by atoms with E-state index in [2.05, 4.69) is 55.8 Å². The highest BCUT2D eigenvalue weighted by atomic mass is 79.9. The van der Waals surface area contributed by atoms with E-state index in [0.717, 1.165) is 26.8 Å². The summed E-state index contributed by atoms with van der Waals surface area (Å²) in [7, 11) is 0. The summed E-state index contributed by atoms with van der Waals surface area (Å²) in [5.41, 5.74) is 1.15. The number of aliphatic hydroxyl groups is 1. The molecule has 3 rings (SSSR count). The average molecular weight is 566 g/mol. The van der Waals surface area contributed by atoms with Crippen molar-refractivity contribution in [3.8, 4) is 5.75 Å². The Kier molecular flexibility index (Phi) is 11.1. The van der Waals surface area contributed by atoms with Gasteiger partial charge in [-0.25, -0.2) is 0 Å². The molecule has 30 heavy (non-hydrogen) atoms. The molecule has 0 saturated carbocycles. The van der Waals surface area contributed by atoms with Gasteiger partial charge in [0.05, 0.1) is 32.0 Å². The summed E-state index contributed by atoms with van der Waals surface area (Å²) < 4.78 is 19.3. The van der Waals surface area contributed by atoms with Gasteiger partial charge in [0.25, 0.3) is 0 Å². The van der Waals surface area contributed by atoms with Crippen LogP contribution in [0, 0.1) is 0 Å². The van der Waals surface area contributed by atoms with E-state index < -0.39 is 6.10 Å². The quantitative estimate of drug-likeness (QED) is 0.441. The van der Waals surface area contributed by atoms with Crippen LogP contribution in [0.4, 0.5) is 0 Å². The number of aliphatic hydroxyl groups excluding tert-OH is 1. The minimum absolute atomic E-state index is 0. The summed E-state index contributed by atoms with van der Waals surface area (Å²) in [5.74, 6) is 0.804. The van der Waals surface area contributed by atoms with Crippen molar-refractivity contribution < 1.29 is 19.3 Å². The molecule has 3 unspecified atom stereocenters. The summed E-state index contributed by atoms with van der Waals surface area (Å²) in [6.07, 6.45) is -0.543. The molecule has 1 saturated heterocycles. The molecule has 8 heteroatoms. The average Bonchev–Trinajstić information content (AvgIpc) is 2.71. The molecular weight excluding hydrogens is 538 g/mol. The number of β-amino-alcohol motifs (C(OH)–C–C–N with tert-alkyl or cyclic N) is 1. The molecule has 2 aromatic rings. The first-order chi connectivity index (χ1) is 14.0. The molecule has 1 fully saturated rings. The van der Waals surface area contributed by atoms with Crippen molar-refractivity contribution in [3.05, 3.63) is 63.0 Å². The standard InChI is InChI=1S/C22H27Br2NO4.ClH/c1-16-22(17-2-4-18(23)5-3-17)29-11-10-25(16)14-20(26)15-27-12-13-28-21-8-6-19(24)7-9-21;/h2-9,16,20,22,26H,10-15H2,1H3;1H. The predicted octanol–water partition coefficient (Wildman–Crippen LogP) is 4.85. The fourth-order valence-electron chi connectivity index (χ4n) is 3.41. The smallest absolute Gasteiger partial charge is 0.119 e. The van der Waals surface area contributed by atoms with E-state index in [4.69, 9.17) is 14.2 Å². The highest BCUT2D eigenvalue weighted by Crippen LogP contribution is 2.29. The second-order valence-corrected chi connectivity index (χ2v) is 8.94. The van der Waals surface area contributed by atoms with Gasteiger partial charge < -0.3 is 19.3 Å². The summed E-state index contributed by atoms with van der Waals surface area (Å²) >= 11 is 6.87. The van der Waals surface area contributed by atoms with Gasteiger partial charge in [0.1, 0.15) is 12.4 Å². The normalized spacial score (nSPS) is 20.4. The first-order valence-electron chi connectivity index (χ1n) is 9.78. The highest BCUT2D eigenvalue weighted by molar-refractivity contribution is 9.10. The molecule has 0 amide bonds. The lowest BCUT2D eigenvalue weighted by Gasteiger charge is -2.40. The van der Waals surface area contributed by atoms with Gasteiger partial charge in [-0.3, -0.25) is 4.90 Å². The summed E-state index contributed by atoms with van der Waals surface area (Å²) in [6, 6.07) is 16.1. The Morgan fingerprint density at radius 2 is 1.70 bits per heavy atom. The number of halogens is 3. The number of hydrogen-bond donors (Lipinski definition) is 1. The third kappa shape index (κ3) is 7.79. The van der Waals surface area contributed by atoms with E-state index in [9.17, 15) is 5.11 Å². The number of rotatable bonds is 9. The molecule has 0 aromatic heterocycles. The van der Waals surface area contributed by atoms with Gasteiger partial charge in [-0.05, 0) is 48.9 Å². The Morgan fingerprint density at radius 1 is 1.07 bits per heavy atom. The van der Waals surface area contributed by atoms with Crippen LogP contribution in [0.2, 0.25) is 0 Å². The van der Waals surface area contributed by atoms with Crippen LogP contribution in [0.15, 0.2) is 57.5 Å². The van der Waals surface area contributed by atoms with E-state index in [-0.39, 0.29) is 31.2 Å². The van der Waals surface area contributed by atoms with Gasteiger partial charge in [-0.1, -0.05) is 44.0 Å². The highest BCUT2D eigenvalue weighted by Gasteiger charge is 2.31. The Morgan fingerprint density at radius 3 is 2.37 bits per heavy atom. The van der Waals surface area contributed by atoms with Crippen LogP contribution < -0.4 is 4.74 Å². The van der Waals surface area contributed by atoms with Crippen LogP contribution in [0.25, 0.3) is 0 Å². The van der Waals surface area contributed by atoms with E-state index in [1.165, 1.54) is 0 Å². The monoisotopic (exact) mass is 563 g/mol. The first kappa shape index (κ1) is 25.6. The Balaban J connectivity index is 0.00000320. The van der Waals surface area contributed by atoms with Crippen LogP contribution in [0.5, 0.6) is 5.75 Å². The van der Waals surface area contributed by atoms with Crippen LogP contribution in [0.1, 0.15) is 18.6 Å². The third-order valence-electron chi connectivity index (χ3n) is 4.95. The van der Waals surface area contributed by atoms with Gasteiger partial charge >= 0.3 is 0 Å². The molecule has 3 atom stereocenters. The minimum atomic E-state index is -0.547. The van der Waals surface area contributed by atoms with E-state index in [1.54, 1.807) is 0 Å². The molecule has 1 N–H and O–H groups in total. The minimum Gasteiger partial charge on any atom is -0.491 e. The molecule has 1 heterocycles. The lowest BCUT2D eigenvalue weighted by molar-refractivity contribution is -0.0849. The van der Waals surface area contributed by atoms with E-state index >= 15 is 0 Å². The number of nitrogens with zero attached hydrogens (tertiary/aromatic N) is 1. The third-order valence-corrected chi connectivity index (χ3v) is 6.01. The van der Waals surface area contributed by atoms with Gasteiger partial charge in [0.2, 0.25) is 0 Å². The van der Waals surface area contributed by atoms with Crippen molar-refractivity contribution in [2.24, 2.45) is 0 Å². The van der Waals surface area contributed by atoms with Crippen molar-refractivity contribution in [1.82, 2.24) is 4.90 Å². The van der Waals surface area contributed by atoms with Gasteiger partial charge in [-0.2, -0.15) is 0 Å². The van der Waals surface area contributed by atoms with E-state index in [1.807, 2.05) is 36.4 Å². The second kappa shape index (κ2) is 13.0. The van der Waals surface area contributed by atoms with Gasteiger partial charge in [0.15, 0.2) is 0 Å². The number of ether oxygens (including phenoxy) is 3. The number of hydrogen-bond acceptors (Lipinski definition) is 5. The fraction of sp³-hybridized carbons (Fsp3) is 0.455. The zero-order chi connectivity index (χ0) is 20.6. The number of morpholine rings is 1. The molecule has 1 aliphatic heterocycles. The molecular formula is C22H28Br2ClNO4. The SMILES string of the molecule is CC1C(c2ccc(Br)cc2)OCCN1CC(O)COCCOc1ccc(Br)cc1.Cl. The Bertz CT molecular complexity index is 748. The van der Waals surface area contributed by atoms with Crippen LogP contribution in [-0.4, -0.2) is 61.7 Å². The largest absolute Gasteiger partial charge is 0.491 e. The second-order valence-electron chi connectivity index (χ2n) is 7.11. The lowest BCUT2D eigenvalue weighted by Crippen LogP contribution is -2.49. The topological polar surface area (TPSA) is 51.2 Å².